The van der Waals surface area contributed by atoms with Gasteiger partial charge in [-0.2, -0.15) is 0 Å². The van der Waals surface area contributed by atoms with E-state index in [0.717, 1.165) is 0 Å². The van der Waals surface area contributed by atoms with E-state index in [2.05, 4.69) is 186 Å². The normalized spacial score (nSPS) is 22.1. The van der Waals surface area contributed by atoms with Gasteiger partial charge >= 0.3 is 336 Å². The van der Waals surface area contributed by atoms with Gasteiger partial charge in [-0.05, 0) is 0 Å². The van der Waals surface area contributed by atoms with Crippen LogP contribution in [0.3, 0.4) is 0 Å². The number of hydrogen-bond donors (Lipinski definition) is 0. The Morgan fingerprint density at radius 1 is 0.509 bits per heavy atom. The Kier molecular flexibility index (Phi) is 9.64. The van der Waals surface area contributed by atoms with E-state index < -0.39 is 60.3 Å². The second-order valence-corrected chi connectivity index (χ2v) is 63.9. The third-order valence-electron chi connectivity index (χ3n) is 13.5. The maximum atomic E-state index is 2.83. The van der Waals surface area contributed by atoms with Gasteiger partial charge in [0.2, 0.25) is 0 Å². The van der Waals surface area contributed by atoms with Crippen LogP contribution in [0.4, 0.5) is 0 Å². The van der Waals surface area contributed by atoms with E-state index in [1.54, 1.807) is 43.0 Å². The molecule has 7 rings (SSSR count). The Morgan fingerprint density at radius 2 is 0.830 bits per heavy atom. The van der Waals surface area contributed by atoms with Crippen LogP contribution in [-0.4, -0.2) is 40.4 Å². The summed E-state index contributed by atoms with van der Waals surface area (Å²) < 4.78 is 7.00. The number of fused-ring (bicyclic) bond motifs is 6. The number of hydrogen-bond acceptors (Lipinski definition) is 0. The molecule has 0 aromatic heterocycles. The predicted octanol–water partition coefficient (Wildman–Crippen LogP) is 12.2. The molecule has 3 aliphatic rings. The van der Waals surface area contributed by atoms with Gasteiger partial charge in [-0.3, -0.25) is 0 Å². The molecule has 6 heteroatoms. The molecule has 2 aliphatic carbocycles. The first-order chi connectivity index (χ1) is 24.4. The van der Waals surface area contributed by atoms with E-state index in [0.29, 0.717) is 7.35 Å². The number of rotatable bonds is 7. The van der Waals surface area contributed by atoms with Crippen molar-refractivity contribution in [2.75, 3.05) is 0 Å². The Hall–Kier alpha value is -1.69. The van der Waals surface area contributed by atoms with Crippen molar-refractivity contribution in [3.05, 3.63) is 105 Å². The van der Waals surface area contributed by atoms with Crippen molar-refractivity contribution in [2.24, 2.45) is 0 Å². The summed E-state index contributed by atoms with van der Waals surface area (Å²) in [5, 5.41) is 10.2. The molecule has 1 aliphatic heterocycles. The van der Waals surface area contributed by atoms with E-state index in [4.69, 9.17) is 0 Å². The molecule has 0 N–H and O–H groups in total. The molecule has 4 aromatic rings. The van der Waals surface area contributed by atoms with Crippen LogP contribution in [0.25, 0.3) is 34.4 Å². The van der Waals surface area contributed by atoms with Crippen LogP contribution in [0.15, 0.2) is 83.2 Å². The summed E-state index contributed by atoms with van der Waals surface area (Å²) in [6.07, 6.45) is 5.58. The van der Waals surface area contributed by atoms with E-state index in [9.17, 15) is 0 Å². The van der Waals surface area contributed by atoms with Gasteiger partial charge < -0.3 is 0 Å². The molecule has 0 bridgehead atoms. The molecule has 1 saturated heterocycles. The number of allylic oxidation sites excluding steroid dienone is 2. The van der Waals surface area contributed by atoms with Crippen molar-refractivity contribution in [2.45, 2.75) is 115 Å². The molecule has 0 nitrogen and oxygen atoms in total. The fourth-order valence-electron chi connectivity index (χ4n) is 9.91. The molecular weight excluding hydrogens is 883 g/mol. The summed E-state index contributed by atoms with van der Waals surface area (Å²) in [4.78, 5) is 0. The molecule has 2 atom stereocenters. The van der Waals surface area contributed by atoms with Crippen LogP contribution < -0.4 is 20.7 Å². The number of benzene rings is 4. The first kappa shape index (κ1) is 39.5. The van der Waals surface area contributed by atoms with E-state index in [-0.39, 0.29) is 0 Å². The van der Waals surface area contributed by atoms with E-state index >= 15 is 0 Å². The topological polar surface area (TPSA) is 0 Å². The Morgan fingerprint density at radius 3 is 1.11 bits per heavy atom. The minimum atomic E-state index is -3.14. The monoisotopic (exact) mass is 950 g/mol. The molecule has 0 radical (unpaired) electrons. The third kappa shape index (κ3) is 6.61. The SMILES string of the molecule is CC[Si]1(C)C2=Cc3c(-c4cc([Si](C)(C)C)cc([Si](C)(C)C)c4)cccc3[CH]2[Hf]([CH3])([CH3])[CH]2C1=Cc1c(-c3cc([Si](C)(C)C)cc([Si](C)(C)C)c3)cccc12. The van der Waals surface area contributed by atoms with Crippen molar-refractivity contribution in [1.29, 1.82) is 0 Å². The third-order valence-corrected chi connectivity index (χ3v) is 43.7. The van der Waals surface area contributed by atoms with Crippen molar-refractivity contribution < 1.29 is 20.0 Å². The zero-order chi connectivity index (χ0) is 38.8. The first-order valence-electron chi connectivity index (χ1n) is 20.4. The zero-order valence-electron chi connectivity index (χ0n) is 35.9. The Labute approximate surface area is 333 Å². The summed E-state index contributed by atoms with van der Waals surface area (Å²) in [7, 11) is -7.96. The van der Waals surface area contributed by atoms with Crippen molar-refractivity contribution >= 4 is 73.3 Å². The minimum absolute atomic E-state index is 0.663. The van der Waals surface area contributed by atoms with Gasteiger partial charge in [0, 0.05) is 0 Å². The van der Waals surface area contributed by atoms with Crippen LogP contribution >= 0.6 is 0 Å². The summed E-state index contributed by atoms with van der Waals surface area (Å²) >= 11 is -3.14. The van der Waals surface area contributed by atoms with Gasteiger partial charge in [0.25, 0.3) is 0 Å². The average Bonchev–Trinajstić information content (AvgIpc) is 3.67. The Bertz CT molecular complexity index is 2000. The molecule has 4 aromatic carbocycles. The van der Waals surface area contributed by atoms with Crippen molar-refractivity contribution in [3.8, 4) is 22.3 Å². The fourth-order valence-corrected chi connectivity index (χ4v) is 46.6. The van der Waals surface area contributed by atoms with Crippen LogP contribution in [0.1, 0.15) is 36.5 Å². The quantitative estimate of drug-likeness (QED) is 0.162. The van der Waals surface area contributed by atoms with E-state index in [1.165, 1.54) is 28.3 Å². The predicted molar refractivity (Wildman–Crippen MR) is 251 cm³/mol. The van der Waals surface area contributed by atoms with Gasteiger partial charge in [0.15, 0.2) is 0 Å². The first-order valence-corrected chi connectivity index (χ1v) is 48.4. The summed E-state index contributed by atoms with van der Waals surface area (Å²) in [6.45, 7) is 35.5. The van der Waals surface area contributed by atoms with Crippen LogP contribution in [0.5, 0.6) is 0 Å². The van der Waals surface area contributed by atoms with Crippen LogP contribution in [0, 0.1) is 0 Å². The molecule has 2 unspecified atom stereocenters. The van der Waals surface area contributed by atoms with Crippen molar-refractivity contribution in [3.63, 3.8) is 0 Å². The molecule has 278 valence electrons. The van der Waals surface area contributed by atoms with Gasteiger partial charge in [-0.25, -0.2) is 0 Å². The van der Waals surface area contributed by atoms with Crippen LogP contribution in [0.2, 0.25) is 101 Å². The fraction of sp³-hybridized carbons (Fsp3) is 0.404. The molecule has 1 heterocycles. The average molecular weight is 950 g/mol. The molecule has 53 heavy (non-hydrogen) atoms. The second kappa shape index (κ2) is 12.9. The van der Waals surface area contributed by atoms with Crippen molar-refractivity contribution in [1.82, 2.24) is 0 Å². The summed E-state index contributed by atoms with van der Waals surface area (Å²) in [6, 6.07) is 31.7. The van der Waals surface area contributed by atoms with Gasteiger partial charge in [-0.1, -0.05) is 0 Å². The molecule has 1 fully saturated rings. The van der Waals surface area contributed by atoms with Gasteiger partial charge in [0.1, 0.15) is 0 Å². The second-order valence-electron chi connectivity index (χ2n) is 21.8. The maximum absolute atomic E-state index is 3.14. The standard InChI is InChI=1S/C45H60Si5.2CH3.Hf/c1-15-50(14,40-22-32-18-16-20-42(44(32)30-40)34-24-36(46(2,3)4)28-37(25-34)47(5,6)7)41-23-33-19-17-21-43(45(33)31-41)35-26-38(48(8,9)10)29-39(27-35)49(11,12)13;;;/h16-31H,15H2,1-14H3;2*1H3;. The van der Waals surface area contributed by atoms with Gasteiger partial charge in [-0.15, -0.1) is 0 Å². The molecule has 0 amide bonds. The van der Waals surface area contributed by atoms with Crippen LogP contribution in [-0.2, 0) is 20.0 Å². The Balaban J connectivity index is 1.43. The molecular formula is C47H66HfSi5. The summed E-state index contributed by atoms with van der Waals surface area (Å²) in [5.41, 5.74) is 12.4. The summed E-state index contributed by atoms with van der Waals surface area (Å²) in [5.74, 6) is 0. The molecule has 0 spiro atoms. The molecule has 0 saturated carbocycles. The zero-order valence-corrected chi connectivity index (χ0v) is 44.5. The van der Waals surface area contributed by atoms with E-state index in [1.807, 2.05) is 10.4 Å². The van der Waals surface area contributed by atoms with Gasteiger partial charge in [0.05, 0.1) is 0 Å².